The summed E-state index contributed by atoms with van der Waals surface area (Å²) in [6.45, 7) is 0. The molecule has 206 valence electrons. The van der Waals surface area contributed by atoms with E-state index in [0.29, 0.717) is 0 Å². The van der Waals surface area contributed by atoms with Gasteiger partial charge in [-0.05, 0) is 76.8 Å². The van der Waals surface area contributed by atoms with Crippen molar-refractivity contribution in [2.75, 3.05) is 4.90 Å². The largest absolute Gasteiger partial charge is 0.310 e. The number of anilines is 3. The number of hydrogen-bond acceptors (Lipinski definition) is 3. The van der Waals surface area contributed by atoms with Crippen LogP contribution in [-0.4, -0.2) is 14.5 Å². The van der Waals surface area contributed by atoms with Crippen molar-refractivity contribution in [3.8, 4) is 5.69 Å². The lowest BCUT2D eigenvalue weighted by Gasteiger charge is -2.26. The van der Waals surface area contributed by atoms with E-state index in [1.165, 1.54) is 21.5 Å². The van der Waals surface area contributed by atoms with E-state index in [4.69, 9.17) is 9.97 Å². The number of aromatic nitrogens is 3. The molecule has 2 aromatic heterocycles. The van der Waals surface area contributed by atoms with Crippen molar-refractivity contribution in [3.63, 3.8) is 0 Å². The number of benzene rings is 7. The highest BCUT2D eigenvalue weighted by Crippen LogP contribution is 2.40. The summed E-state index contributed by atoms with van der Waals surface area (Å²) in [6, 6.07) is 55.5. The van der Waals surface area contributed by atoms with Gasteiger partial charge in [-0.3, -0.25) is 4.57 Å². The zero-order valence-corrected chi connectivity index (χ0v) is 23.8. The summed E-state index contributed by atoms with van der Waals surface area (Å²) < 4.78 is 2.29. The SMILES string of the molecule is c1ccc(N(c2ccccc2)c2ccc3cc(-n4c5ccccc5c5nc6ccccc6nc54)c4ccccc4c3c2)cc1. The molecule has 0 aliphatic carbocycles. The maximum absolute atomic E-state index is 5.18. The molecule has 0 aliphatic heterocycles. The van der Waals surface area contributed by atoms with Crippen molar-refractivity contribution in [2.45, 2.75) is 0 Å². The van der Waals surface area contributed by atoms with Gasteiger partial charge in [-0.1, -0.05) is 97.1 Å². The number of hydrogen-bond donors (Lipinski definition) is 0. The van der Waals surface area contributed by atoms with Crippen LogP contribution in [0.2, 0.25) is 0 Å². The molecular weight excluding hydrogens is 536 g/mol. The van der Waals surface area contributed by atoms with Crippen LogP contribution in [-0.2, 0) is 0 Å². The van der Waals surface area contributed by atoms with Crippen LogP contribution < -0.4 is 4.90 Å². The fourth-order valence-corrected chi connectivity index (χ4v) is 6.55. The molecule has 7 aromatic carbocycles. The zero-order valence-electron chi connectivity index (χ0n) is 23.8. The molecule has 0 unspecified atom stereocenters. The Kier molecular flexibility index (Phi) is 5.47. The standard InChI is InChI=1S/C40H26N4/c1-3-13-28(14-4-1)43(29-15-5-2-6-16-29)30-24-23-27-25-38(32-18-8-7-17-31(32)34(27)26-30)44-37-22-12-9-19-33(37)39-40(44)42-36-21-11-10-20-35(36)41-39/h1-26H. The van der Waals surface area contributed by atoms with Crippen molar-refractivity contribution >= 4 is 71.7 Å². The van der Waals surface area contributed by atoms with Crippen LogP contribution in [0.5, 0.6) is 0 Å². The summed E-state index contributed by atoms with van der Waals surface area (Å²) in [6.07, 6.45) is 0. The first-order chi connectivity index (χ1) is 21.8. The van der Waals surface area contributed by atoms with E-state index in [1.807, 2.05) is 24.3 Å². The normalized spacial score (nSPS) is 11.6. The third kappa shape index (κ3) is 3.78. The number of fused-ring (bicyclic) bond motifs is 7. The van der Waals surface area contributed by atoms with Gasteiger partial charge < -0.3 is 4.90 Å². The Morgan fingerprint density at radius 3 is 1.75 bits per heavy atom. The topological polar surface area (TPSA) is 34.0 Å². The second kappa shape index (κ2) is 9.79. The number of rotatable bonds is 4. The molecule has 0 spiro atoms. The Morgan fingerprint density at radius 1 is 0.432 bits per heavy atom. The highest BCUT2D eigenvalue weighted by atomic mass is 15.1. The van der Waals surface area contributed by atoms with Crippen LogP contribution in [0.4, 0.5) is 17.1 Å². The lowest BCUT2D eigenvalue weighted by atomic mass is 9.99. The van der Waals surface area contributed by atoms with Crippen LogP contribution in [0.3, 0.4) is 0 Å². The molecule has 0 fully saturated rings. The highest BCUT2D eigenvalue weighted by Gasteiger charge is 2.19. The van der Waals surface area contributed by atoms with Crippen LogP contribution in [0.15, 0.2) is 158 Å². The minimum absolute atomic E-state index is 0.866. The van der Waals surface area contributed by atoms with E-state index < -0.39 is 0 Å². The fourth-order valence-electron chi connectivity index (χ4n) is 6.55. The van der Waals surface area contributed by atoms with Crippen molar-refractivity contribution in [2.24, 2.45) is 0 Å². The average Bonchev–Trinajstić information content (AvgIpc) is 3.41. The third-order valence-electron chi connectivity index (χ3n) is 8.51. The van der Waals surface area contributed by atoms with Gasteiger partial charge in [0.15, 0.2) is 5.65 Å². The zero-order chi connectivity index (χ0) is 29.0. The van der Waals surface area contributed by atoms with Gasteiger partial charge in [0, 0.05) is 27.8 Å². The number of para-hydroxylation sites is 5. The molecular formula is C40H26N4. The summed E-state index contributed by atoms with van der Waals surface area (Å²) in [5.41, 5.74) is 9.12. The fraction of sp³-hybridized carbons (Fsp3) is 0. The predicted octanol–water partition coefficient (Wildman–Crippen LogP) is 10.5. The van der Waals surface area contributed by atoms with Gasteiger partial charge in [0.1, 0.15) is 5.52 Å². The molecule has 0 bridgehead atoms. The third-order valence-corrected chi connectivity index (χ3v) is 8.51. The van der Waals surface area contributed by atoms with Crippen LogP contribution in [0.1, 0.15) is 0 Å². The molecule has 0 N–H and O–H groups in total. The van der Waals surface area contributed by atoms with Gasteiger partial charge in [0.2, 0.25) is 0 Å². The van der Waals surface area contributed by atoms with Crippen LogP contribution in [0.25, 0.3) is 60.3 Å². The van der Waals surface area contributed by atoms with Gasteiger partial charge >= 0.3 is 0 Å². The minimum atomic E-state index is 0.866. The highest BCUT2D eigenvalue weighted by molar-refractivity contribution is 6.15. The Balaban J connectivity index is 1.33. The molecule has 0 radical (unpaired) electrons. The quantitative estimate of drug-likeness (QED) is 0.200. The van der Waals surface area contributed by atoms with Crippen molar-refractivity contribution < 1.29 is 0 Å². The lowest BCUT2D eigenvalue weighted by molar-refractivity contribution is 1.16. The summed E-state index contributed by atoms with van der Waals surface area (Å²) in [5.74, 6) is 0. The molecule has 9 aromatic rings. The summed E-state index contributed by atoms with van der Waals surface area (Å²) >= 11 is 0. The Morgan fingerprint density at radius 2 is 1.02 bits per heavy atom. The van der Waals surface area contributed by atoms with E-state index in [2.05, 4.69) is 143 Å². The predicted molar refractivity (Wildman–Crippen MR) is 184 cm³/mol. The van der Waals surface area contributed by atoms with E-state index in [0.717, 1.165) is 55.8 Å². The van der Waals surface area contributed by atoms with Crippen LogP contribution >= 0.6 is 0 Å². The van der Waals surface area contributed by atoms with Gasteiger partial charge in [0.05, 0.1) is 22.2 Å². The van der Waals surface area contributed by atoms with E-state index >= 15 is 0 Å². The first-order valence-electron chi connectivity index (χ1n) is 14.9. The Hall–Kier alpha value is -6.00. The molecule has 2 heterocycles. The first kappa shape index (κ1) is 24.6. The van der Waals surface area contributed by atoms with Crippen molar-refractivity contribution in [1.82, 2.24) is 14.5 Å². The molecule has 0 atom stereocenters. The molecule has 4 nitrogen and oxygen atoms in total. The molecule has 0 saturated carbocycles. The van der Waals surface area contributed by atoms with Gasteiger partial charge in [0.25, 0.3) is 0 Å². The average molecular weight is 563 g/mol. The second-order valence-electron chi connectivity index (χ2n) is 11.1. The Labute approximate surface area is 254 Å². The van der Waals surface area contributed by atoms with Crippen molar-refractivity contribution in [3.05, 3.63) is 158 Å². The van der Waals surface area contributed by atoms with E-state index in [1.54, 1.807) is 0 Å². The van der Waals surface area contributed by atoms with Gasteiger partial charge in [-0.2, -0.15) is 0 Å². The van der Waals surface area contributed by atoms with E-state index in [-0.39, 0.29) is 0 Å². The monoisotopic (exact) mass is 562 g/mol. The van der Waals surface area contributed by atoms with Gasteiger partial charge in [-0.15, -0.1) is 0 Å². The summed E-state index contributed by atoms with van der Waals surface area (Å²) in [4.78, 5) is 12.6. The second-order valence-corrected chi connectivity index (χ2v) is 11.1. The summed E-state index contributed by atoms with van der Waals surface area (Å²) in [5, 5.41) is 5.84. The molecule has 4 heteroatoms. The molecule has 0 saturated heterocycles. The van der Waals surface area contributed by atoms with Crippen LogP contribution in [0, 0.1) is 0 Å². The molecule has 9 rings (SSSR count). The molecule has 0 amide bonds. The number of nitrogens with zero attached hydrogens (tertiary/aromatic N) is 4. The smallest absolute Gasteiger partial charge is 0.165 e. The maximum Gasteiger partial charge on any atom is 0.165 e. The minimum Gasteiger partial charge on any atom is -0.310 e. The Bertz CT molecular complexity index is 2460. The van der Waals surface area contributed by atoms with E-state index in [9.17, 15) is 0 Å². The lowest BCUT2D eigenvalue weighted by Crippen LogP contribution is -2.09. The van der Waals surface area contributed by atoms with Crippen molar-refractivity contribution in [1.29, 1.82) is 0 Å². The van der Waals surface area contributed by atoms with Gasteiger partial charge in [-0.25, -0.2) is 9.97 Å². The maximum atomic E-state index is 5.18. The first-order valence-corrected chi connectivity index (χ1v) is 14.9. The molecule has 44 heavy (non-hydrogen) atoms. The summed E-state index contributed by atoms with van der Waals surface area (Å²) in [7, 11) is 0. The molecule has 0 aliphatic rings.